The van der Waals surface area contributed by atoms with Gasteiger partial charge in [-0.15, -0.1) is 0 Å². The summed E-state index contributed by atoms with van der Waals surface area (Å²) in [5.74, 6) is 0.575. The number of nitrogens with one attached hydrogen (secondary N) is 1. The molecule has 0 aliphatic rings. The third-order valence-corrected chi connectivity index (χ3v) is 4.55. The number of rotatable bonds is 4. The Morgan fingerprint density at radius 1 is 1.33 bits per heavy atom. The Hall–Kier alpha value is -1.99. The average Bonchev–Trinajstić information content (AvgIpc) is 2.42. The minimum absolute atomic E-state index is 0.00589. The van der Waals surface area contributed by atoms with Gasteiger partial charge >= 0.3 is 0 Å². The Labute approximate surface area is 128 Å². The van der Waals surface area contributed by atoms with Crippen LogP contribution in [-0.4, -0.2) is 20.5 Å². The Morgan fingerprint density at radius 3 is 2.62 bits per heavy atom. The summed E-state index contributed by atoms with van der Waals surface area (Å²) in [4.78, 5) is 3.77. The van der Waals surface area contributed by atoms with Crippen molar-refractivity contribution in [3.8, 4) is 5.75 Å². The van der Waals surface area contributed by atoms with Crippen molar-refractivity contribution in [1.29, 1.82) is 0 Å². The number of pyridine rings is 1. The monoisotopic (exact) mass is 327 g/mol. The highest BCUT2D eigenvalue weighted by Gasteiger charge is 2.18. The van der Waals surface area contributed by atoms with Crippen molar-refractivity contribution in [3.05, 3.63) is 41.0 Å². The molecule has 2 aromatic rings. The summed E-state index contributed by atoms with van der Waals surface area (Å²) in [6.07, 6.45) is 1.19. The molecule has 112 valence electrons. The predicted molar refractivity (Wildman–Crippen MR) is 82.2 cm³/mol. The van der Waals surface area contributed by atoms with Crippen LogP contribution in [0, 0.1) is 6.92 Å². The van der Waals surface area contributed by atoms with Gasteiger partial charge in [0.15, 0.2) is 0 Å². The van der Waals surface area contributed by atoms with Gasteiger partial charge in [-0.3, -0.25) is 4.72 Å². The molecule has 0 saturated heterocycles. The van der Waals surface area contributed by atoms with E-state index in [1.807, 2.05) is 0 Å². The number of aromatic nitrogens is 1. The van der Waals surface area contributed by atoms with E-state index < -0.39 is 10.0 Å². The lowest BCUT2D eigenvalue weighted by Gasteiger charge is -2.13. The lowest BCUT2D eigenvalue weighted by molar-refractivity contribution is 0.417. The molecule has 0 saturated carbocycles. The van der Waals surface area contributed by atoms with Crippen molar-refractivity contribution in [2.75, 3.05) is 17.6 Å². The van der Waals surface area contributed by atoms with Crippen LogP contribution in [0.3, 0.4) is 0 Å². The molecular weight excluding hydrogens is 314 g/mol. The van der Waals surface area contributed by atoms with E-state index in [4.69, 9.17) is 22.1 Å². The molecule has 0 fully saturated rings. The lowest BCUT2D eigenvalue weighted by atomic mass is 10.2. The molecule has 0 spiro atoms. The molecule has 6 nitrogen and oxygen atoms in total. The molecule has 0 aliphatic heterocycles. The zero-order valence-corrected chi connectivity index (χ0v) is 13.0. The largest absolute Gasteiger partial charge is 0.495 e. The quantitative estimate of drug-likeness (QED) is 0.899. The van der Waals surface area contributed by atoms with Gasteiger partial charge in [0.2, 0.25) is 0 Å². The van der Waals surface area contributed by atoms with E-state index in [1.165, 1.54) is 25.4 Å². The van der Waals surface area contributed by atoms with Crippen molar-refractivity contribution < 1.29 is 13.2 Å². The van der Waals surface area contributed by atoms with E-state index in [-0.39, 0.29) is 10.7 Å². The topological polar surface area (TPSA) is 94.3 Å². The van der Waals surface area contributed by atoms with Crippen LogP contribution in [-0.2, 0) is 10.0 Å². The first-order valence-electron chi connectivity index (χ1n) is 5.92. The van der Waals surface area contributed by atoms with Gasteiger partial charge in [-0.2, -0.15) is 0 Å². The number of aryl methyl sites for hydroxylation is 1. The molecule has 3 N–H and O–H groups in total. The average molecular weight is 328 g/mol. The van der Waals surface area contributed by atoms with E-state index in [0.29, 0.717) is 16.5 Å². The third-order valence-electron chi connectivity index (χ3n) is 2.79. The normalized spacial score (nSPS) is 11.2. The second kappa shape index (κ2) is 5.79. The Bertz CT molecular complexity index is 761. The van der Waals surface area contributed by atoms with Gasteiger partial charge in [0.25, 0.3) is 10.0 Å². The number of hydrogen-bond donors (Lipinski definition) is 2. The highest BCUT2D eigenvalue weighted by Crippen LogP contribution is 2.32. The van der Waals surface area contributed by atoms with E-state index in [1.54, 1.807) is 19.1 Å². The maximum atomic E-state index is 12.3. The number of nitrogen functional groups attached to an aromatic ring is 1. The molecule has 1 aromatic carbocycles. The highest BCUT2D eigenvalue weighted by atomic mass is 35.5. The lowest BCUT2D eigenvalue weighted by Crippen LogP contribution is -2.14. The van der Waals surface area contributed by atoms with E-state index in [9.17, 15) is 8.42 Å². The van der Waals surface area contributed by atoms with Crippen LogP contribution in [0.1, 0.15) is 5.56 Å². The summed E-state index contributed by atoms with van der Waals surface area (Å²) in [5, 5.41) is 0.490. The van der Waals surface area contributed by atoms with Gasteiger partial charge in [-0.05, 0) is 30.7 Å². The molecular formula is C13H14ClN3O3S. The molecule has 0 unspecified atom stereocenters. The summed E-state index contributed by atoms with van der Waals surface area (Å²) in [5.41, 5.74) is 6.47. The zero-order valence-electron chi connectivity index (χ0n) is 11.4. The second-order valence-corrected chi connectivity index (χ2v) is 6.42. The summed E-state index contributed by atoms with van der Waals surface area (Å²) < 4.78 is 32.2. The molecule has 0 bridgehead atoms. The number of nitrogens with zero attached hydrogens (tertiary/aromatic N) is 1. The minimum atomic E-state index is -3.78. The zero-order chi connectivity index (χ0) is 15.6. The van der Waals surface area contributed by atoms with Crippen molar-refractivity contribution in [3.63, 3.8) is 0 Å². The first-order chi connectivity index (χ1) is 9.83. The first-order valence-corrected chi connectivity index (χ1v) is 7.78. The number of halogens is 1. The van der Waals surface area contributed by atoms with Crippen LogP contribution in [0.4, 0.5) is 11.5 Å². The van der Waals surface area contributed by atoms with Crippen LogP contribution >= 0.6 is 11.6 Å². The SMILES string of the molecule is COc1cc(Cl)c(C)cc1NS(=O)(=O)c1ccc(N)nc1. The van der Waals surface area contributed by atoms with E-state index >= 15 is 0 Å². The Morgan fingerprint density at radius 2 is 2.05 bits per heavy atom. The number of ether oxygens (including phenoxy) is 1. The van der Waals surface area contributed by atoms with Gasteiger partial charge in [0.05, 0.1) is 12.8 Å². The van der Waals surface area contributed by atoms with E-state index in [2.05, 4.69) is 9.71 Å². The number of hydrogen-bond acceptors (Lipinski definition) is 5. The number of methoxy groups -OCH3 is 1. The van der Waals surface area contributed by atoms with Gasteiger partial charge in [0.1, 0.15) is 16.5 Å². The molecule has 21 heavy (non-hydrogen) atoms. The van der Waals surface area contributed by atoms with Crippen LogP contribution < -0.4 is 15.2 Å². The standard InChI is InChI=1S/C13H14ClN3O3S/c1-8-5-11(12(20-2)6-10(8)14)17-21(18,19)9-3-4-13(15)16-7-9/h3-7,17H,1-2H3,(H2,15,16). The molecule has 0 radical (unpaired) electrons. The molecule has 2 rings (SSSR count). The second-order valence-electron chi connectivity index (χ2n) is 4.33. The van der Waals surface area contributed by atoms with Gasteiger partial charge < -0.3 is 10.5 Å². The van der Waals surface area contributed by atoms with Crippen molar-refractivity contribution in [1.82, 2.24) is 4.98 Å². The molecule has 1 heterocycles. The molecule has 0 atom stereocenters. The third kappa shape index (κ3) is 3.37. The fourth-order valence-electron chi connectivity index (χ4n) is 1.67. The van der Waals surface area contributed by atoms with E-state index in [0.717, 1.165) is 5.56 Å². The summed E-state index contributed by atoms with van der Waals surface area (Å²) >= 11 is 5.99. The van der Waals surface area contributed by atoms with Crippen molar-refractivity contribution >= 4 is 33.1 Å². The maximum absolute atomic E-state index is 12.3. The molecule has 0 amide bonds. The van der Waals surface area contributed by atoms with Gasteiger partial charge in [-0.1, -0.05) is 11.6 Å². The number of benzene rings is 1. The summed E-state index contributed by atoms with van der Waals surface area (Å²) in [6.45, 7) is 1.77. The Balaban J connectivity index is 2.41. The maximum Gasteiger partial charge on any atom is 0.263 e. The van der Waals surface area contributed by atoms with Crippen LogP contribution in [0.2, 0.25) is 5.02 Å². The summed E-state index contributed by atoms with van der Waals surface area (Å²) in [7, 11) is -2.35. The number of sulfonamides is 1. The first kappa shape index (κ1) is 15.4. The molecule has 0 aliphatic carbocycles. The Kier molecular flexibility index (Phi) is 4.24. The highest BCUT2D eigenvalue weighted by molar-refractivity contribution is 7.92. The van der Waals surface area contributed by atoms with Crippen LogP contribution in [0.5, 0.6) is 5.75 Å². The molecule has 1 aromatic heterocycles. The van der Waals surface area contributed by atoms with Crippen molar-refractivity contribution in [2.45, 2.75) is 11.8 Å². The minimum Gasteiger partial charge on any atom is -0.495 e. The fraction of sp³-hybridized carbons (Fsp3) is 0.154. The number of anilines is 2. The van der Waals surface area contributed by atoms with Crippen LogP contribution in [0.25, 0.3) is 0 Å². The van der Waals surface area contributed by atoms with Crippen LogP contribution in [0.15, 0.2) is 35.4 Å². The van der Waals surface area contributed by atoms with Gasteiger partial charge in [0, 0.05) is 17.3 Å². The van der Waals surface area contributed by atoms with Crippen molar-refractivity contribution in [2.24, 2.45) is 0 Å². The van der Waals surface area contributed by atoms with Gasteiger partial charge in [-0.25, -0.2) is 13.4 Å². The summed E-state index contributed by atoms with van der Waals surface area (Å²) in [6, 6.07) is 5.94. The fourth-order valence-corrected chi connectivity index (χ4v) is 2.83. The predicted octanol–water partition coefficient (Wildman–Crippen LogP) is 2.44. The number of nitrogens with two attached hydrogens (primary N) is 1. The smallest absolute Gasteiger partial charge is 0.263 e. The molecule has 8 heteroatoms.